The van der Waals surface area contributed by atoms with Gasteiger partial charge in [-0.25, -0.2) is 22.0 Å². The van der Waals surface area contributed by atoms with E-state index in [-0.39, 0.29) is 40.0 Å². The van der Waals surface area contributed by atoms with Crippen LogP contribution in [0.15, 0.2) is 77.7 Å². The van der Waals surface area contributed by atoms with Crippen molar-refractivity contribution < 1.29 is 97.2 Å². The Morgan fingerprint density at radius 2 is 1.16 bits per heavy atom. The van der Waals surface area contributed by atoms with Crippen molar-refractivity contribution in [3.05, 3.63) is 112 Å². The summed E-state index contributed by atoms with van der Waals surface area (Å²) in [6.45, 7) is 39.1. The second kappa shape index (κ2) is 38.3. The molecule has 0 radical (unpaired) electrons. The zero-order chi connectivity index (χ0) is 76.7. The smallest absolute Gasteiger partial charge is 0.478 e. The van der Waals surface area contributed by atoms with E-state index in [1.807, 2.05) is 12.1 Å². The van der Waals surface area contributed by atoms with Crippen molar-refractivity contribution in [2.24, 2.45) is 16.7 Å². The molecule has 0 spiro atoms. The minimum absolute atomic E-state index is 0.0490. The number of hydrogen-bond donors (Lipinski definition) is 8. The van der Waals surface area contributed by atoms with Gasteiger partial charge < -0.3 is 34.3 Å². The molecule has 2 atom stereocenters. The summed E-state index contributed by atoms with van der Waals surface area (Å²) >= 11 is 0. The molecule has 6 heterocycles. The fourth-order valence-electron chi connectivity index (χ4n) is 12.0. The van der Waals surface area contributed by atoms with Crippen LogP contribution in [-0.4, -0.2) is 151 Å². The number of hydrogen-bond acceptors (Lipinski definition) is 18. The second-order valence-corrected chi connectivity index (χ2v) is 33.4. The largest absolute Gasteiger partial charge is 0.494 e. The fraction of sp³-hybridized carbons (Fsp3) is 0.600. The Bertz CT molecular complexity index is 3280. The van der Waals surface area contributed by atoms with E-state index in [0.717, 1.165) is 81.7 Å². The van der Waals surface area contributed by atoms with Crippen molar-refractivity contribution in [1.82, 2.24) is 35.2 Å². The number of nitrogens with one attached hydrogen (secondary N) is 4. The number of aromatic carboxylic acids is 1. The quantitative estimate of drug-likeness (QED) is 0.0170. The molecule has 0 aliphatic carbocycles. The van der Waals surface area contributed by atoms with E-state index in [1.54, 1.807) is 18.2 Å². The third-order valence-corrected chi connectivity index (χ3v) is 21.8. The van der Waals surface area contributed by atoms with Crippen molar-refractivity contribution in [2.75, 3.05) is 70.1 Å². The molecule has 0 saturated carbocycles. The van der Waals surface area contributed by atoms with Crippen LogP contribution in [0.3, 0.4) is 0 Å². The number of carboxylic acids is 1. The molecule has 10 N–H and O–H groups in total. The molecule has 35 heteroatoms. The summed E-state index contributed by atoms with van der Waals surface area (Å²) in [7, 11) is -20.6. The number of carbonyl (C=O) groups excluding carboxylic acids is 1. The molecular formula is C65H107B2F9N10O11P2S. The van der Waals surface area contributed by atoms with E-state index in [2.05, 4.69) is 161 Å². The van der Waals surface area contributed by atoms with Gasteiger partial charge in [-0.15, -0.1) is 24.7 Å². The Labute approximate surface area is 587 Å². The summed E-state index contributed by atoms with van der Waals surface area (Å²) in [5.41, 5.74) is 13.6. The van der Waals surface area contributed by atoms with E-state index < -0.39 is 76.3 Å². The number of nitrogens with zero attached hydrogens (tertiary/aromatic N) is 5. The van der Waals surface area contributed by atoms with Crippen LogP contribution in [0, 0.1) is 35.3 Å². The Kier molecular flexibility index (Phi) is 33.5. The van der Waals surface area contributed by atoms with Crippen LogP contribution in [-0.2, 0) is 37.3 Å². The number of hydrazine groups is 2. The van der Waals surface area contributed by atoms with Crippen LogP contribution in [0.5, 0.6) is 0 Å². The molecule has 0 unspecified atom stereocenters. The normalized spacial score (nSPS) is 17.5. The maximum absolute atomic E-state index is 14.4. The van der Waals surface area contributed by atoms with Gasteiger partial charge in [-0.1, -0.05) is 111 Å². The average molecular weight is 1490 g/mol. The van der Waals surface area contributed by atoms with Crippen molar-refractivity contribution >= 4 is 74.3 Å². The summed E-state index contributed by atoms with van der Waals surface area (Å²) in [5.74, 6) is 0.561. The molecule has 6 aliphatic rings. The number of carbonyl (C=O) groups is 2. The number of fused-ring (bicyclic) bond motifs is 3. The van der Waals surface area contributed by atoms with Gasteiger partial charge in [0.2, 0.25) is 0 Å². The standard InChI is InChI=1S/C18H30N6OP.C16H23BFNO3.C8H6BFO4.C8H19N.C7H18N2.C7H8O3S.CH3F.F6P/c1-2-10-18-17(9-1)19-20-24(18)25-26(21-11-3-4-12-21,22-13-5-6-14-22)23-15-7-8-16-23;1-5-11(16(2,3)4)8-19-15(20)12-7-6-10-9-22-17(21)13(10)14(12)18;10-7-5(8(11)12)2-1-4-3-14-9(13)6(4)7;1-6-9(7(2)3)8(4)5;1-5-6(9-8)7(2,3)4;1-6-2-4-7(5-3-6)11(8,9)10;1-2;1-7(2,3,4,5)6/h1-2,9-10,19-20H,3-8,11-16H2;6-7,11,21H,5,8-9H2,1-4H3,(H,19,20);1-2,13H,3H2,(H,11,12);7-8H,6H2,1-5H3;6,9H,5,8H2,1-4H3;2-5H,1H3,(H,8,9,10);1H3;/q+1;;;;;;;-1/t;11-;;;6-;;;/m.0..1.../s1/i;;;;;;1D;. The molecule has 21 nitrogen and oxygen atoms in total. The molecule has 6 aliphatic heterocycles. The third kappa shape index (κ3) is 28.0. The van der Waals surface area contributed by atoms with Crippen LogP contribution >= 0.6 is 15.8 Å². The minimum Gasteiger partial charge on any atom is -0.478 e. The monoisotopic (exact) mass is 1490 g/mol. The number of anilines is 2. The van der Waals surface area contributed by atoms with Crippen molar-refractivity contribution in [1.29, 1.82) is 0 Å². The number of benzene rings is 4. The van der Waals surface area contributed by atoms with Crippen molar-refractivity contribution in [3.63, 3.8) is 0 Å². The first-order valence-corrected chi connectivity index (χ1v) is 38.4. The number of alkyl halides is 1. The topological polar surface area (TPSA) is 272 Å². The third-order valence-electron chi connectivity index (χ3n) is 17.2. The molecule has 3 saturated heterocycles. The first-order chi connectivity index (χ1) is 46.7. The molecular weight excluding hydrogens is 1380 g/mol. The number of amides is 1. The van der Waals surface area contributed by atoms with Crippen LogP contribution in [0.4, 0.5) is 49.7 Å². The fourth-order valence-corrected chi connectivity index (χ4v) is 16.7. The number of quaternary nitrogens is 1. The Morgan fingerprint density at radius 1 is 0.740 bits per heavy atom. The molecule has 4 aromatic rings. The summed E-state index contributed by atoms with van der Waals surface area (Å²) < 4.78 is 159. The minimum atomic E-state index is -10.7. The predicted octanol–water partition coefficient (Wildman–Crippen LogP) is 12.4. The van der Waals surface area contributed by atoms with E-state index in [9.17, 15) is 71.0 Å². The molecule has 100 heavy (non-hydrogen) atoms. The second-order valence-electron chi connectivity index (χ2n) is 27.2. The van der Waals surface area contributed by atoms with Crippen LogP contribution in [0.2, 0.25) is 0 Å². The first-order valence-electron chi connectivity index (χ1n) is 34.1. The zero-order valence-corrected chi connectivity index (χ0v) is 62.7. The van der Waals surface area contributed by atoms with Gasteiger partial charge in [0.15, 0.2) is 0 Å². The van der Waals surface area contributed by atoms with Gasteiger partial charge in [-0.05, 0) is 155 Å². The maximum Gasteiger partial charge on any atom is 0.494 e. The van der Waals surface area contributed by atoms with Gasteiger partial charge in [-0.3, -0.25) is 25.4 Å². The molecule has 4 aromatic carbocycles. The molecule has 3 fully saturated rings. The number of rotatable bonds is 16. The Morgan fingerprint density at radius 3 is 1.50 bits per heavy atom. The maximum atomic E-state index is 14.4. The number of aryl methyl sites for hydroxylation is 1. The molecule has 568 valence electrons. The first kappa shape index (κ1) is 87.6. The predicted molar refractivity (Wildman–Crippen MR) is 378 cm³/mol. The van der Waals surface area contributed by atoms with E-state index in [4.69, 9.17) is 20.4 Å². The zero-order valence-electron chi connectivity index (χ0n) is 61.1. The van der Waals surface area contributed by atoms with Gasteiger partial charge >= 0.3 is 61.1 Å². The molecule has 0 aromatic heterocycles. The van der Waals surface area contributed by atoms with E-state index in [0.29, 0.717) is 47.1 Å². The SMILES string of the molecule is CCN(C(C)C)C(C)C.CC[C@@H](CNC(=O)c1ccc2c(c1F)B(O)OC2)C(C)(C)C.CC[C@@H](N[NH3+])C(C)(C)C.Cc1ccc(S(=O)(=O)[O-])cc1.F[P-](F)(F)(F)(F)F.O=C(O)c1ccc2c(c1F)B(O)OC2.[2H]CF.c1ccc2c(c1)NNN2O[P+](N1CCCC1)(N1CCCC1)N1CCCC1. The van der Waals surface area contributed by atoms with Crippen molar-refractivity contribution in [3.8, 4) is 0 Å². The van der Waals surface area contributed by atoms with Gasteiger partial charge in [-0.2, -0.15) is 5.43 Å². The number of halogens is 9. The van der Waals surface area contributed by atoms with E-state index in [1.165, 1.54) is 62.8 Å². The summed E-state index contributed by atoms with van der Waals surface area (Å²) in [6, 6.07) is 21.7. The number of carboxylic acid groups (broad SMARTS) is 1. The van der Waals surface area contributed by atoms with Crippen LogP contribution < -0.4 is 43.6 Å². The van der Waals surface area contributed by atoms with Crippen molar-refractivity contribution in [2.45, 2.75) is 185 Å². The van der Waals surface area contributed by atoms with Crippen LogP contribution in [0.1, 0.15) is 180 Å². The summed E-state index contributed by atoms with van der Waals surface area (Å²) in [5, 5.41) is 32.2. The Balaban J connectivity index is 0.000000320. The van der Waals surface area contributed by atoms with Gasteiger partial charge in [0, 0.05) is 68.8 Å². The van der Waals surface area contributed by atoms with Gasteiger partial charge in [0.25, 0.3) is 5.91 Å². The number of para-hydroxylation sites is 2. The molecule has 0 bridgehead atoms. The van der Waals surface area contributed by atoms with E-state index >= 15 is 0 Å². The summed E-state index contributed by atoms with van der Waals surface area (Å²) in [6.07, 6.45) is 9.80. The Hall–Kier alpha value is -4.79. The summed E-state index contributed by atoms with van der Waals surface area (Å²) in [4.78, 5) is 25.1. The van der Waals surface area contributed by atoms with Gasteiger partial charge in [0.05, 0.1) is 49.5 Å². The average Bonchev–Trinajstić information content (AvgIpc) is 1.56. The van der Waals surface area contributed by atoms with Gasteiger partial charge in [0.1, 0.15) is 27.4 Å². The molecule has 1 amide bonds. The molecule has 10 rings (SSSR count). The van der Waals surface area contributed by atoms with Crippen LogP contribution in [0.25, 0.3) is 0 Å².